The number of anilines is 1. The third-order valence-corrected chi connectivity index (χ3v) is 5.00. The second-order valence-electron chi connectivity index (χ2n) is 8.16. The van der Waals surface area contributed by atoms with Gasteiger partial charge in [0.1, 0.15) is 18.0 Å². The van der Waals surface area contributed by atoms with Crippen molar-refractivity contribution >= 4 is 11.8 Å². The maximum absolute atomic E-state index is 12.6. The molecule has 160 valence electrons. The van der Waals surface area contributed by atoms with E-state index in [4.69, 9.17) is 33.2 Å². The zero-order valence-corrected chi connectivity index (χ0v) is 17.2. The molecule has 1 amide bonds. The number of nitrogens with one attached hydrogen (secondary N) is 1. The van der Waals surface area contributed by atoms with Crippen LogP contribution in [0, 0.1) is 0 Å². The van der Waals surface area contributed by atoms with Crippen molar-refractivity contribution < 1.29 is 38.0 Å². The quantitative estimate of drug-likeness (QED) is 0.811. The van der Waals surface area contributed by atoms with Crippen LogP contribution in [0.15, 0.2) is 24.3 Å². The van der Waals surface area contributed by atoms with Gasteiger partial charge in [-0.05, 0) is 52.0 Å². The molecule has 0 aliphatic carbocycles. The molecule has 3 aliphatic rings. The van der Waals surface area contributed by atoms with E-state index in [1.54, 1.807) is 45.2 Å². The fourth-order valence-corrected chi connectivity index (χ4v) is 3.76. The van der Waals surface area contributed by atoms with Crippen LogP contribution >= 0.6 is 0 Å². The van der Waals surface area contributed by atoms with Crippen LogP contribution < -0.4 is 10.1 Å². The highest BCUT2D eigenvalue weighted by atomic mass is 16.9. The summed E-state index contributed by atoms with van der Waals surface area (Å²) < 4.78 is 40.2. The molecular weight excluding hydrogens is 382 g/mol. The summed E-state index contributed by atoms with van der Waals surface area (Å²) in [6.45, 7) is 7.55. The maximum atomic E-state index is 12.6. The number of carbonyl (C=O) groups is 1. The Kier molecular flexibility index (Phi) is 5.20. The number of methoxy groups -OCH3 is 1. The molecule has 9 nitrogen and oxygen atoms in total. The minimum atomic E-state index is -0.833. The molecule has 1 aromatic carbocycles. The van der Waals surface area contributed by atoms with Gasteiger partial charge in [-0.15, -0.1) is 0 Å². The summed E-state index contributed by atoms with van der Waals surface area (Å²) in [5.41, 5.74) is 0.577. The molecule has 1 N–H and O–H groups in total. The molecule has 3 aliphatic heterocycles. The van der Waals surface area contributed by atoms with Crippen LogP contribution in [0.2, 0.25) is 0 Å². The highest BCUT2D eigenvalue weighted by Crippen LogP contribution is 2.42. The number of hydrogen-bond donors (Lipinski definition) is 1. The van der Waals surface area contributed by atoms with Gasteiger partial charge in [0, 0.05) is 5.69 Å². The number of benzene rings is 1. The second-order valence-corrected chi connectivity index (χ2v) is 8.16. The smallest absolute Gasteiger partial charge is 0.412 e. The Balaban J connectivity index is 1.47. The first-order valence-corrected chi connectivity index (χ1v) is 9.60. The van der Waals surface area contributed by atoms with Crippen molar-refractivity contribution in [2.45, 2.75) is 70.0 Å². The standard InChI is InChI=1S/C20H27NO8/c1-19(2)24-10-13(27-19)14-15(16-17(25-14)29-20(3,4)28-16)26-18(22)21-11-6-8-12(23-5)9-7-11/h6-9,13-17H,10H2,1-5H3,(H,21,22)/t13?,14-,15+,16-,17-/m1/s1. The third-order valence-electron chi connectivity index (χ3n) is 5.00. The second kappa shape index (κ2) is 7.41. The molecule has 0 spiro atoms. The average Bonchev–Trinajstić information content (AvgIpc) is 3.26. The van der Waals surface area contributed by atoms with Crippen LogP contribution in [0.4, 0.5) is 10.5 Å². The lowest BCUT2D eigenvalue weighted by molar-refractivity contribution is -0.231. The molecule has 29 heavy (non-hydrogen) atoms. The van der Waals surface area contributed by atoms with Crippen LogP contribution in [0.5, 0.6) is 5.75 Å². The number of carbonyl (C=O) groups excluding carboxylic acids is 1. The Bertz CT molecular complexity index is 749. The van der Waals surface area contributed by atoms with E-state index in [1.165, 1.54) is 0 Å². The number of fused-ring (bicyclic) bond motifs is 1. The molecule has 4 rings (SSSR count). The Morgan fingerprint density at radius 2 is 1.76 bits per heavy atom. The third kappa shape index (κ3) is 4.34. The molecule has 0 bridgehead atoms. The Labute approximate surface area is 169 Å². The summed E-state index contributed by atoms with van der Waals surface area (Å²) >= 11 is 0. The van der Waals surface area contributed by atoms with Crippen LogP contribution in [0.1, 0.15) is 27.7 Å². The number of amides is 1. The van der Waals surface area contributed by atoms with Gasteiger partial charge in [0.2, 0.25) is 0 Å². The van der Waals surface area contributed by atoms with Crippen molar-refractivity contribution in [3.63, 3.8) is 0 Å². The summed E-state index contributed by atoms with van der Waals surface area (Å²) in [5, 5.41) is 2.71. The van der Waals surface area contributed by atoms with Gasteiger partial charge in [-0.3, -0.25) is 5.32 Å². The zero-order chi connectivity index (χ0) is 20.8. The molecule has 1 aromatic rings. The van der Waals surface area contributed by atoms with Crippen molar-refractivity contribution in [2.24, 2.45) is 0 Å². The normalized spacial score (nSPS) is 34.6. The van der Waals surface area contributed by atoms with Gasteiger partial charge in [-0.25, -0.2) is 4.79 Å². The van der Waals surface area contributed by atoms with Gasteiger partial charge in [0.05, 0.1) is 13.7 Å². The van der Waals surface area contributed by atoms with Gasteiger partial charge in [-0.2, -0.15) is 0 Å². The molecule has 3 fully saturated rings. The van der Waals surface area contributed by atoms with Gasteiger partial charge < -0.3 is 33.2 Å². The molecular formula is C20H27NO8. The highest BCUT2D eigenvalue weighted by molar-refractivity contribution is 5.84. The predicted octanol–water partition coefficient (Wildman–Crippen LogP) is 2.64. The first-order chi connectivity index (χ1) is 13.7. The van der Waals surface area contributed by atoms with Crippen molar-refractivity contribution in [3.8, 4) is 5.75 Å². The fraction of sp³-hybridized carbons (Fsp3) is 0.650. The highest BCUT2D eigenvalue weighted by Gasteiger charge is 2.60. The predicted molar refractivity (Wildman–Crippen MR) is 100 cm³/mol. The average molecular weight is 409 g/mol. The van der Waals surface area contributed by atoms with Crippen molar-refractivity contribution in [3.05, 3.63) is 24.3 Å². The molecule has 0 radical (unpaired) electrons. The van der Waals surface area contributed by atoms with E-state index in [1.807, 2.05) is 13.8 Å². The molecule has 9 heteroatoms. The molecule has 1 unspecified atom stereocenters. The summed E-state index contributed by atoms with van der Waals surface area (Å²) in [7, 11) is 1.58. The lowest BCUT2D eigenvalue weighted by Gasteiger charge is -2.28. The number of hydrogen-bond acceptors (Lipinski definition) is 8. The van der Waals surface area contributed by atoms with Crippen LogP contribution in [0.25, 0.3) is 0 Å². The zero-order valence-electron chi connectivity index (χ0n) is 17.2. The minimum Gasteiger partial charge on any atom is -0.497 e. The van der Waals surface area contributed by atoms with Gasteiger partial charge in [0.15, 0.2) is 30.1 Å². The summed E-state index contributed by atoms with van der Waals surface area (Å²) in [6, 6.07) is 6.94. The minimum absolute atomic E-state index is 0.320. The molecule has 3 saturated heterocycles. The SMILES string of the molecule is COc1ccc(NC(=O)O[C@@H]2[C@H]3OC(C)(C)O[C@H]3O[C@@H]2C2COC(C)(C)O2)cc1. The molecule has 3 heterocycles. The largest absolute Gasteiger partial charge is 0.497 e. The van der Waals surface area contributed by atoms with Gasteiger partial charge in [0.25, 0.3) is 0 Å². The topological polar surface area (TPSA) is 93.7 Å². The Hall–Kier alpha value is -1.91. The van der Waals surface area contributed by atoms with Crippen molar-refractivity contribution in [1.82, 2.24) is 0 Å². The lowest BCUT2D eigenvalue weighted by Crippen LogP contribution is -2.45. The number of rotatable bonds is 4. The van der Waals surface area contributed by atoms with E-state index in [0.717, 1.165) is 0 Å². The first-order valence-electron chi connectivity index (χ1n) is 9.60. The van der Waals surface area contributed by atoms with Gasteiger partial charge in [-0.1, -0.05) is 0 Å². The summed E-state index contributed by atoms with van der Waals surface area (Å²) in [4.78, 5) is 12.6. The van der Waals surface area contributed by atoms with Crippen molar-refractivity contribution in [2.75, 3.05) is 19.0 Å². The van der Waals surface area contributed by atoms with E-state index in [-0.39, 0.29) is 0 Å². The van der Waals surface area contributed by atoms with E-state index in [2.05, 4.69) is 5.32 Å². The monoisotopic (exact) mass is 409 g/mol. The van der Waals surface area contributed by atoms with Gasteiger partial charge >= 0.3 is 6.09 Å². The molecule has 5 atom stereocenters. The number of ether oxygens (including phenoxy) is 7. The Morgan fingerprint density at radius 3 is 2.38 bits per heavy atom. The maximum Gasteiger partial charge on any atom is 0.412 e. The van der Waals surface area contributed by atoms with Crippen molar-refractivity contribution in [1.29, 1.82) is 0 Å². The Morgan fingerprint density at radius 1 is 1.03 bits per heavy atom. The molecule has 0 aromatic heterocycles. The first kappa shape index (κ1) is 20.4. The van der Waals surface area contributed by atoms with Crippen LogP contribution in [0.3, 0.4) is 0 Å². The van der Waals surface area contributed by atoms with E-state index in [9.17, 15) is 4.79 Å². The van der Waals surface area contributed by atoms with E-state index >= 15 is 0 Å². The fourth-order valence-electron chi connectivity index (χ4n) is 3.76. The van der Waals surface area contributed by atoms with Crippen LogP contribution in [-0.4, -0.2) is 62.1 Å². The van der Waals surface area contributed by atoms with Crippen LogP contribution in [-0.2, 0) is 28.4 Å². The van der Waals surface area contributed by atoms with E-state index in [0.29, 0.717) is 18.0 Å². The summed E-state index contributed by atoms with van der Waals surface area (Å²) in [5.74, 6) is -0.876. The summed E-state index contributed by atoms with van der Waals surface area (Å²) in [6.07, 6.45) is -3.55. The van der Waals surface area contributed by atoms with E-state index < -0.39 is 48.4 Å². The molecule has 0 saturated carbocycles. The lowest BCUT2D eigenvalue weighted by atomic mass is 10.1.